The second-order valence-corrected chi connectivity index (χ2v) is 7.80. The molecule has 0 radical (unpaired) electrons. The van der Waals surface area contributed by atoms with Crippen molar-refractivity contribution in [2.24, 2.45) is 0 Å². The van der Waals surface area contributed by atoms with Gasteiger partial charge >= 0.3 is 11.9 Å². The van der Waals surface area contributed by atoms with Gasteiger partial charge in [0.25, 0.3) is 0 Å². The van der Waals surface area contributed by atoms with Crippen LogP contribution in [0, 0.1) is 0 Å². The molecule has 0 fully saturated rings. The van der Waals surface area contributed by atoms with E-state index in [1.165, 1.54) is 24.3 Å². The topological polar surface area (TPSA) is 104 Å². The average molecular weight is 462 g/mol. The molecule has 0 aliphatic carbocycles. The van der Waals surface area contributed by atoms with Gasteiger partial charge in [0.05, 0.1) is 17.7 Å². The Labute approximate surface area is 192 Å². The fourth-order valence-electron chi connectivity index (χ4n) is 3.15. The number of amides is 1. The number of carboxylic acid groups (broad SMARTS) is 1. The number of carboxylic acids is 1. The summed E-state index contributed by atoms with van der Waals surface area (Å²) in [5, 5.41) is 19.3. The van der Waals surface area contributed by atoms with Gasteiger partial charge in [-0.1, -0.05) is 31.0 Å². The molecule has 0 atom stereocenters. The Morgan fingerprint density at radius 1 is 1.06 bits per heavy atom. The van der Waals surface area contributed by atoms with E-state index in [0.717, 1.165) is 18.4 Å². The van der Waals surface area contributed by atoms with E-state index in [2.05, 4.69) is 0 Å². The predicted octanol–water partition coefficient (Wildman–Crippen LogP) is 4.68. The van der Waals surface area contributed by atoms with Crippen molar-refractivity contribution in [2.45, 2.75) is 46.1 Å². The number of phenols is 1. The quantitative estimate of drug-likeness (QED) is 0.372. The molecule has 0 bridgehead atoms. The molecule has 172 valence electrons. The molecular weight excluding hydrogens is 434 g/mol. The summed E-state index contributed by atoms with van der Waals surface area (Å²) in [6.45, 7) is 4.64. The van der Waals surface area contributed by atoms with E-state index in [1.807, 2.05) is 13.8 Å². The van der Waals surface area contributed by atoms with Crippen molar-refractivity contribution in [1.29, 1.82) is 0 Å². The van der Waals surface area contributed by atoms with Gasteiger partial charge in [-0.2, -0.15) is 0 Å². The first-order valence-electron chi connectivity index (χ1n) is 10.5. The van der Waals surface area contributed by atoms with Crippen LogP contribution in [0.3, 0.4) is 0 Å². The highest BCUT2D eigenvalue weighted by molar-refractivity contribution is 6.31. The maximum Gasteiger partial charge on any atom is 0.338 e. The van der Waals surface area contributed by atoms with Crippen LogP contribution in [0.2, 0.25) is 5.02 Å². The van der Waals surface area contributed by atoms with Crippen molar-refractivity contribution in [3.63, 3.8) is 0 Å². The number of benzene rings is 2. The average Bonchev–Trinajstić information content (AvgIpc) is 2.76. The molecule has 0 spiro atoms. The highest BCUT2D eigenvalue weighted by Crippen LogP contribution is 2.23. The van der Waals surface area contributed by atoms with E-state index in [9.17, 15) is 24.6 Å². The highest BCUT2D eigenvalue weighted by Gasteiger charge is 2.17. The highest BCUT2D eigenvalue weighted by atomic mass is 35.5. The molecule has 0 aromatic heterocycles. The molecule has 0 unspecified atom stereocenters. The van der Waals surface area contributed by atoms with E-state index >= 15 is 0 Å². The number of aromatic hydroxyl groups is 1. The lowest BCUT2D eigenvalue weighted by Gasteiger charge is -2.22. The molecule has 7 nitrogen and oxygen atoms in total. The van der Waals surface area contributed by atoms with Crippen molar-refractivity contribution in [1.82, 2.24) is 4.90 Å². The Balaban J connectivity index is 2.13. The summed E-state index contributed by atoms with van der Waals surface area (Å²) in [5.74, 6) is -1.82. The van der Waals surface area contributed by atoms with Gasteiger partial charge in [0.15, 0.2) is 0 Å². The summed E-state index contributed by atoms with van der Waals surface area (Å²) in [6.07, 6.45) is 2.19. The van der Waals surface area contributed by atoms with Crippen LogP contribution in [0.1, 0.15) is 65.0 Å². The van der Waals surface area contributed by atoms with Crippen LogP contribution in [0.25, 0.3) is 0 Å². The minimum Gasteiger partial charge on any atom is -0.508 e. The number of carbonyl (C=O) groups is 3. The summed E-state index contributed by atoms with van der Waals surface area (Å²) in [7, 11) is 0. The summed E-state index contributed by atoms with van der Waals surface area (Å²) in [6, 6.07) is 8.92. The molecule has 2 rings (SSSR count). The number of hydrogen-bond donors (Lipinski definition) is 2. The molecule has 0 aliphatic rings. The zero-order chi connectivity index (χ0) is 23.7. The third kappa shape index (κ3) is 7.27. The number of esters is 1. The second-order valence-electron chi connectivity index (χ2n) is 7.40. The third-order valence-corrected chi connectivity index (χ3v) is 5.31. The summed E-state index contributed by atoms with van der Waals surface area (Å²) < 4.78 is 5.20. The number of phenolic OH excluding ortho intramolecular Hbond substituents is 1. The van der Waals surface area contributed by atoms with Gasteiger partial charge in [0.1, 0.15) is 5.75 Å². The van der Waals surface area contributed by atoms with E-state index in [1.54, 1.807) is 17.0 Å². The van der Waals surface area contributed by atoms with Crippen LogP contribution in [0.5, 0.6) is 5.75 Å². The first kappa shape index (κ1) is 25.2. The number of hydrogen-bond acceptors (Lipinski definition) is 5. The van der Waals surface area contributed by atoms with Crippen molar-refractivity contribution < 1.29 is 29.3 Å². The van der Waals surface area contributed by atoms with Gasteiger partial charge in [0.2, 0.25) is 5.91 Å². The first-order valence-corrected chi connectivity index (χ1v) is 10.9. The van der Waals surface area contributed by atoms with Gasteiger partial charge in [0, 0.05) is 24.5 Å². The zero-order valence-electron chi connectivity index (χ0n) is 18.3. The summed E-state index contributed by atoms with van der Waals surface area (Å²) in [5.41, 5.74) is 1.39. The summed E-state index contributed by atoms with van der Waals surface area (Å²) >= 11 is 6.11. The van der Waals surface area contributed by atoms with Crippen LogP contribution in [-0.2, 0) is 22.5 Å². The van der Waals surface area contributed by atoms with Crippen molar-refractivity contribution >= 4 is 29.4 Å². The molecule has 32 heavy (non-hydrogen) atoms. The van der Waals surface area contributed by atoms with Gasteiger partial charge < -0.3 is 19.8 Å². The van der Waals surface area contributed by atoms with Gasteiger partial charge in [-0.3, -0.25) is 4.79 Å². The fraction of sp³-hybridized carbons (Fsp3) is 0.375. The van der Waals surface area contributed by atoms with Gasteiger partial charge in [-0.15, -0.1) is 0 Å². The number of aromatic carboxylic acids is 1. The number of unbranched alkanes of at least 4 members (excludes halogenated alkanes) is 1. The molecule has 8 heteroatoms. The van der Waals surface area contributed by atoms with Crippen LogP contribution in [0.15, 0.2) is 36.4 Å². The lowest BCUT2D eigenvalue weighted by atomic mass is 10.0. The molecule has 2 aromatic carbocycles. The van der Waals surface area contributed by atoms with E-state index in [0.29, 0.717) is 23.6 Å². The lowest BCUT2D eigenvalue weighted by Crippen LogP contribution is -2.30. The molecule has 0 saturated heterocycles. The van der Waals surface area contributed by atoms with E-state index in [-0.39, 0.29) is 42.4 Å². The third-order valence-electron chi connectivity index (χ3n) is 4.96. The predicted molar refractivity (Wildman–Crippen MR) is 121 cm³/mol. The monoisotopic (exact) mass is 461 g/mol. The van der Waals surface area contributed by atoms with Crippen LogP contribution >= 0.6 is 11.6 Å². The Morgan fingerprint density at radius 2 is 1.78 bits per heavy atom. The van der Waals surface area contributed by atoms with Crippen LogP contribution in [0.4, 0.5) is 0 Å². The van der Waals surface area contributed by atoms with Crippen molar-refractivity contribution in [3.8, 4) is 5.75 Å². The number of nitrogens with zero attached hydrogens (tertiary/aromatic N) is 1. The Kier molecular flexibility index (Phi) is 9.53. The number of rotatable bonds is 11. The number of ether oxygens (including phenoxy) is 1. The number of aryl methyl sites for hydroxylation is 1. The molecule has 2 N–H and O–H groups in total. The fourth-order valence-corrected chi connectivity index (χ4v) is 3.42. The SMILES string of the molecule is CCCCOC(=O)c1cc(CN(CC)C(=O)CCc2ccc(O)cc2Cl)cc(C(=O)O)c1. The molecule has 2 aromatic rings. The second kappa shape index (κ2) is 12.1. The molecule has 1 amide bonds. The maximum absolute atomic E-state index is 12.8. The maximum atomic E-state index is 12.8. The van der Waals surface area contributed by atoms with Crippen LogP contribution in [-0.4, -0.2) is 46.1 Å². The Hall–Kier alpha value is -3.06. The molecule has 0 heterocycles. The minimum atomic E-state index is -1.16. The first-order chi connectivity index (χ1) is 15.2. The smallest absolute Gasteiger partial charge is 0.338 e. The van der Waals surface area contributed by atoms with Gasteiger partial charge in [-0.25, -0.2) is 9.59 Å². The minimum absolute atomic E-state index is 0.0377. The lowest BCUT2D eigenvalue weighted by molar-refractivity contribution is -0.131. The largest absolute Gasteiger partial charge is 0.508 e. The Morgan fingerprint density at radius 3 is 2.41 bits per heavy atom. The molecule has 0 aliphatic heterocycles. The van der Waals surface area contributed by atoms with Crippen LogP contribution < -0.4 is 0 Å². The van der Waals surface area contributed by atoms with Crippen molar-refractivity contribution in [3.05, 3.63) is 63.7 Å². The molecular formula is C24H28ClNO6. The number of carbonyl (C=O) groups excluding carboxylic acids is 2. The Bertz CT molecular complexity index is 975. The van der Waals surface area contributed by atoms with E-state index in [4.69, 9.17) is 16.3 Å². The number of halogens is 1. The van der Waals surface area contributed by atoms with E-state index < -0.39 is 11.9 Å². The zero-order valence-corrected chi connectivity index (χ0v) is 19.0. The normalized spacial score (nSPS) is 10.6. The van der Waals surface area contributed by atoms with Gasteiger partial charge in [-0.05, 0) is 61.2 Å². The van der Waals surface area contributed by atoms with Crippen molar-refractivity contribution in [2.75, 3.05) is 13.2 Å². The summed E-state index contributed by atoms with van der Waals surface area (Å²) in [4.78, 5) is 38.2. The molecule has 0 saturated carbocycles. The standard InChI is InChI=1S/C24H28ClNO6/c1-3-5-10-32-24(31)19-12-16(11-18(13-19)23(29)30)15-26(4-2)22(28)9-7-17-6-8-20(27)14-21(17)25/h6,8,11-14,27H,3-5,7,9-10,15H2,1-2H3,(H,29,30).